The Hall–Kier alpha value is -3.16. The molecule has 3 fully saturated rings. The number of halogens is 1. The van der Waals surface area contributed by atoms with Crippen LogP contribution in [-0.4, -0.2) is 54.6 Å². The van der Waals surface area contributed by atoms with Gasteiger partial charge in [0, 0.05) is 33.6 Å². The summed E-state index contributed by atoms with van der Waals surface area (Å²) in [5.74, 6) is 0.471. The van der Waals surface area contributed by atoms with Crippen LogP contribution < -0.4 is 10.2 Å². The lowest BCUT2D eigenvalue weighted by Gasteiger charge is -2.48. The van der Waals surface area contributed by atoms with Gasteiger partial charge in [0.1, 0.15) is 28.7 Å². The standard InChI is InChI=1S/C25H26FN7OS/c1-24-7-8-25(2,32-24)21(26)19(10-24)33(16-4-5-16)23-28-12-18(30-31-23)17-6-3-14(9-20(17)34)22-29-15(11-27)13-35-22/h3,6,9,12-13,16,19,21,32,34H,4-5,7-8,10H2,1-2H3/t19-,21-,24-,25+/m0/s1. The molecule has 1 aliphatic carbocycles. The highest BCUT2D eigenvalue weighted by molar-refractivity contribution is 7.13. The lowest BCUT2D eigenvalue weighted by atomic mass is 9.82. The van der Waals surface area contributed by atoms with Crippen LogP contribution in [0.1, 0.15) is 51.6 Å². The summed E-state index contributed by atoms with van der Waals surface area (Å²) in [5.41, 5.74) is 1.38. The Morgan fingerprint density at radius 2 is 2.09 bits per heavy atom. The smallest absolute Gasteiger partial charge is 0.245 e. The number of aromatic hydroxyl groups is 1. The van der Waals surface area contributed by atoms with Crippen molar-refractivity contribution in [1.29, 1.82) is 5.26 Å². The van der Waals surface area contributed by atoms with Gasteiger partial charge in [0.2, 0.25) is 5.95 Å². The predicted molar refractivity (Wildman–Crippen MR) is 131 cm³/mol. The minimum absolute atomic E-state index is 0.0266. The second-order valence-corrected chi connectivity index (χ2v) is 11.3. The lowest BCUT2D eigenvalue weighted by molar-refractivity contribution is 0.0828. The summed E-state index contributed by atoms with van der Waals surface area (Å²) in [4.78, 5) is 10.9. The normalized spacial score (nSPS) is 29.7. The third kappa shape index (κ3) is 3.83. The van der Waals surface area contributed by atoms with E-state index in [0.29, 0.717) is 39.9 Å². The van der Waals surface area contributed by atoms with Crippen LogP contribution >= 0.6 is 11.3 Å². The molecule has 0 radical (unpaired) electrons. The number of anilines is 1. The Balaban J connectivity index is 1.28. The fraction of sp³-hybridized carbons (Fsp3) is 0.480. The number of rotatable bonds is 5. The van der Waals surface area contributed by atoms with Crippen molar-refractivity contribution in [2.75, 3.05) is 4.90 Å². The zero-order valence-corrected chi connectivity index (χ0v) is 20.4. The van der Waals surface area contributed by atoms with Gasteiger partial charge in [-0.1, -0.05) is 6.07 Å². The molecule has 1 saturated carbocycles. The molecule has 35 heavy (non-hydrogen) atoms. The van der Waals surface area contributed by atoms with E-state index < -0.39 is 11.7 Å². The monoisotopic (exact) mass is 491 g/mol. The summed E-state index contributed by atoms with van der Waals surface area (Å²) in [7, 11) is 0. The summed E-state index contributed by atoms with van der Waals surface area (Å²) in [5, 5.41) is 34.3. The van der Waals surface area contributed by atoms with E-state index in [2.05, 4.69) is 37.3 Å². The van der Waals surface area contributed by atoms with Crippen LogP contribution in [0.5, 0.6) is 5.75 Å². The van der Waals surface area contributed by atoms with Crippen molar-refractivity contribution >= 4 is 17.3 Å². The van der Waals surface area contributed by atoms with Crippen molar-refractivity contribution in [1.82, 2.24) is 25.5 Å². The van der Waals surface area contributed by atoms with Crippen LogP contribution in [0.3, 0.4) is 0 Å². The molecule has 2 N–H and O–H groups in total. The molecular weight excluding hydrogens is 465 g/mol. The SMILES string of the molecule is C[C@@]12CC[C@@](C)(N1)[C@@H](F)[C@@H](N(c1ncc(-c3ccc(-c4nc(C#N)cs4)cc3O)nn1)C1CC1)C2. The fourth-order valence-corrected chi connectivity index (χ4v) is 6.47. The number of phenolic OH excluding ortho intramolecular Hbond substituents is 1. The Morgan fingerprint density at radius 3 is 2.74 bits per heavy atom. The predicted octanol–water partition coefficient (Wildman–Crippen LogP) is 4.22. The van der Waals surface area contributed by atoms with Gasteiger partial charge in [-0.3, -0.25) is 0 Å². The van der Waals surface area contributed by atoms with Gasteiger partial charge >= 0.3 is 0 Å². The Bertz CT molecular complexity index is 1320. The number of alkyl halides is 1. The third-order valence-corrected chi connectivity index (χ3v) is 8.50. The van der Waals surface area contributed by atoms with Crippen LogP contribution in [0.15, 0.2) is 29.8 Å². The average Bonchev–Trinajstić information content (AvgIpc) is 3.48. The number of nitrogens with zero attached hydrogens (tertiary/aromatic N) is 6. The second-order valence-electron chi connectivity index (χ2n) is 10.4. The molecule has 4 heterocycles. The number of piperidine rings is 1. The molecule has 0 unspecified atom stereocenters. The molecular formula is C25H26FN7OS. The maximum Gasteiger partial charge on any atom is 0.245 e. The summed E-state index contributed by atoms with van der Waals surface area (Å²) in [6, 6.07) is 7.12. The minimum atomic E-state index is -1.02. The number of aromatic nitrogens is 4. The number of phenols is 1. The molecule has 4 atom stereocenters. The number of nitriles is 1. The zero-order valence-electron chi connectivity index (χ0n) is 19.6. The van der Waals surface area contributed by atoms with Crippen molar-refractivity contribution < 1.29 is 9.50 Å². The van der Waals surface area contributed by atoms with Crippen LogP contribution in [0.4, 0.5) is 10.3 Å². The van der Waals surface area contributed by atoms with Gasteiger partial charge in [0.05, 0.1) is 12.2 Å². The highest BCUT2D eigenvalue weighted by Crippen LogP contribution is 2.47. The topological polar surface area (TPSA) is 111 Å². The Morgan fingerprint density at radius 1 is 1.26 bits per heavy atom. The van der Waals surface area contributed by atoms with Crippen LogP contribution in [0.2, 0.25) is 0 Å². The quantitative estimate of drug-likeness (QED) is 0.546. The van der Waals surface area contributed by atoms with E-state index in [4.69, 9.17) is 5.26 Å². The highest BCUT2D eigenvalue weighted by atomic mass is 32.1. The molecule has 10 heteroatoms. The van der Waals surface area contributed by atoms with E-state index in [9.17, 15) is 5.11 Å². The van der Waals surface area contributed by atoms with E-state index in [1.807, 2.05) is 19.1 Å². The number of hydrogen-bond acceptors (Lipinski definition) is 9. The summed E-state index contributed by atoms with van der Waals surface area (Å²) in [6.45, 7) is 4.17. The first kappa shape index (κ1) is 22.3. The van der Waals surface area contributed by atoms with Gasteiger partial charge in [0.25, 0.3) is 0 Å². The third-order valence-electron chi connectivity index (χ3n) is 7.61. The molecule has 2 aromatic heterocycles. The number of benzene rings is 1. The summed E-state index contributed by atoms with van der Waals surface area (Å²) < 4.78 is 15.8. The van der Waals surface area contributed by atoms with Crippen LogP contribution in [0.25, 0.3) is 21.8 Å². The van der Waals surface area contributed by atoms with E-state index in [-0.39, 0.29) is 23.4 Å². The van der Waals surface area contributed by atoms with Crippen molar-refractivity contribution in [3.8, 4) is 33.6 Å². The first-order valence-electron chi connectivity index (χ1n) is 11.9. The van der Waals surface area contributed by atoms with Crippen molar-refractivity contribution in [3.05, 3.63) is 35.5 Å². The van der Waals surface area contributed by atoms with Gasteiger partial charge in [-0.25, -0.2) is 14.4 Å². The van der Waals surface area contributed by atoms with Gasteiger partial charge in [0.15, 0.2) is 5.69 Å². The molecule has 180 valence electrons. The maximum absolute atomic E-state index is 15.8. The van der Waals surface area contributed by atoms with E-state index in [1.54, 1.807) is 23.7 Å². The molecule has 1 aromatic carbocycles. The Kier molecular flexibility index (Phi) is 5.06. The first-order valence-corrected chi connectivity index (χ1v) is 12.8. The molecule has 3 aromatic rings. The van der Waals surface area contributed by atoms with Gasteiger partial charge in [-0.15, -0.1) is 21.5 Å². The minimum Gasteiger partial charge on any atom is -0.507 e. The van der Waals surface area contributed by atoms with E-state index in [1.165, 1.54) is 11.3 Å². The van der Waals surface area contributed by atoms with Crippen molar-refractivity contribution in [3.63, 3.8) is 0 Å². The van der Waals surface area contributed by atoms with Gasteiger partial charge < -0.3 is 15.3 Å². The zero-order chi connectivity index (χ0) is 24.4. The molecule has 2 aliphatic heterocycles. The summed E-state index contributed by atoms with van der Waals surface area (Å²) >= 11 is 1.34. The van der Waals surface area contributed by atoms with Crippen LogP contribution in [0, 0.1) is 11.3 Å². The number of thiazole rings is 1. The fourth-order valence-electron chi connectivity index (χ4n) is 5.72. The summed E-state index contributed by atoms with van der Waals surface area (Å²) in [6.07, 6.45) is 5.07. The molecule has 8 nitrogen and oxygen atoms in total. The van der Waals surface area contributed by atoms with Gasteiger partial charge in [-0.05, 0) is 58.1 Å². The second kappa shape index (κ2) is 7.93. The van der Waals surface area contributed by atoms with Crippen molar-refractivity contribution in [2.45, 2.75) is 75.3 Å². The maximum atomic E-state index is 15.8. The molecule has 2 saturated heterocycles. The van der Waals surface area contributed by atoms with Crippen molar-refractivity contribution in [2.24, 2.45) is 0 Å². The highest BCUT2D eigenvalue weighted by Gasteiger charge is 2.58. The lowest BCUT2D eigenvalue weighted by Crippen LogP contribution is -2.66. The Labute approximate surface area is 206 Å². The van der Waals surface area contributed by atoms with E-state index >= 15 is 4.39 Å². The average molecular weight is 492 g/mol. The molecule has 0 amide bonds. The number of fused-ring (bicyclic) bond motifs is 2. The molecule has 3 aliphatic rings. The van der Waals surface area contributed by atoms with Gasteiger partial charge in [-0.2, -0.15) is 5.26 Å². The number of nitrogens with one attached hydrogen (secondary N) is 1. The molecule has 2 bridgehead atoms. The molecule has 0 spiro atoms. The molecule has 6 rings (SSSR count). The first-order chi connectivity index (χ1) is 16.8. The van der Waals surface area contributed by atoms with E-state index in [0.717, 1.165) is 25.7 Å². The number of hydrogen-bond donors (Lipinski definition) is 2. The largest absolute Gasteiger partial charge is 0.507 e. The van der Waals surface area contributed by atoms with Crippen LogP contribution in [-0.2, 0) is 0 Å².